The Morgan fingerprint density at radius 3 is 2.35 bits per heavy atom. The van der Waals surface area contributed by atoms with Crippen molar-refractivity contribution in [3.8, 4) is 0 Å². The molecule has 23 heavy (non-hydrogen) atoms. The van der Waals surface area contributed by atoms with Crippen molar-refractivity contribution in [2.45, 2.75) is 52.4 Å². The van der Waals surface area contributed by atoms with Crippen molar-refractivity contribution in [2.75, 3.05) is 39.4 Å². The molecular formula is C19H33N2O2+. The lowest BCUT2D eigenvalue weighted by Crippen LogP contribution is -3.14. The molecule has 1 heterocycles. The zero-order chi connectivity index (χ0) is 16.1. The normalized spacial score (nSPS) is 46.1. The number of ether oxygens (including phenoxy) is 1. The van der Waals surface area contributed by atoms with E-state index in [4.69, 9.17) is 4.74 Å². The number of nitrogens with one attached hydrogen (secondary N) is 2. The molecule has 0 aromatic rings. The van der Waals surface area contributed by atoms with Gasteiger partial charge < -0.3 is 15.0 Å². The van der Waals surface area contributed by atoms with Crippen molar-refractivity contribution in [3.63, 3.8) is 0 Å². The third-order valence-electron chi connectivity index (χ3n) is 7.07. The van der Waals surface area contributed by atoms with Gasteiger partial charge in [0.25, 0.3) is 0 Å². The van der Waals surface area contributed by atoms with Gasteiger partial charge in [-0.15, -0.1) is 0 Å². The SMILES string of the molecule is C[C@]12CC3CC(C(=O)NCC[NH+]4CCOCC4)(C1)C[C@@](C)(C3)C2. The minimum absolute atomic E-state index is 0.0523. The molecule has 1 saturated heterocycles. The van der Waals surface area contributed by atoms with Gasteiger partial charge in [0.2, 0.25) is 5.91 Å². The molecule has 1 aliphatic heterocycles. The molecule has 0 aromatic heterocycles. The third kappa shape index (κ3) is 2.93. The maximum atomic E-state index is 13.1. The zero-order valence-electron chi connectivity index (χ0n) is 14.9. The van der Waals surface area contributed by atoms with E-state index in [2.05, 4.69) is 19.2 Å². The maximum absolute atomic E-state index is 13.1. The van der Waals surface area contributed by atoms with Crippen molar-refractivity contribution in [2.24, 2.45) is 22.2 Å². The van der Waals surface area contributed by atoms with E-state index in [0.717, 1.165) is 64.6 Å². The standard InChI is InChI=1S/C19H32N2O2/c1-17-9-15-10-18(2,12-17)14-19(11-15,13-17)16(22)20-3-4-21-5-7-23-8-6-21/h15H,3-14H2,1-2H3,(H,20,22)/p+1/t15?,17-,18+,19?. The van der Waals surface area contributed by atoms with Crippen LogP contribution in [0.25, 0.3) is 0 Å². The highest BCUT2D eigenvalue weighted by Crippen LogP contribution is 2.69. The van der Waals surface area contributed by atoms with Crippen molar-refractivity contribution < 1.29 is 14.4 Å². The highest BCUT2D eigenvalue weighted by atomic mass is 16.5. The summed E-state index contributed by atoms with van der Waals surface area (Å²) in [5, 5.41) is 3.32. The Morgan fingerprint density at radius 1 is 1.09 bits per heavy atom. The first kappa shape index (κ1) is 15.9. The fraction of sp³-hybridized carbons (Fsp3) is 0.947. The molecule has 0 radical (unpaired) electrons. The van der Waals surface area contributed by atoms with Crippen LogP contribution in [0.4, 0.5) is 0 Å². The molecule has 0 spiro atoms. The molecule has 5 rings (SSSR count). The van der Waals surface area contributed by atoms with E-state index in [1.807, 2.05) is 0 Å². The van der Waals surface area contributed by atoms with Gasteiger partial charge in [-0.05, 0) is 55.3 Å². The lowest BCUT2D eigenvalue weighted by molar-refractivity contribution is -0.906. The van der Waals surface area contributed by atoms with Gasteiger partial charge in [-0.2, -0.15) is 0 Å². The number of carbonyl (C=O) groups is 1. The number of hydrogen-bond acceptors (Lipinski definition) is 2. The molecule has 4 saturated carbocycles. The Bertz CT molecular complexity index is 468. The molecule has 4 aliphatic carbocycles. The second kappa shape index (κ2) is 5.45. The lowest BCUT2D eigenvalue weighted by Gasteiger charge is -2.64. The van der Waals surface area contributed by atoms with Gasteiger partial charge >= 0.3 is 0 Å². The van der Waals surface area contributed by atoms with E-state index >= 15 is 0 Å². The number of rotatable bonds is 4. The summed E-state index contributed by atoms with van der Waals surface area (Å²) in [7, 11) is 0. The monoisotopic (exact) mass is 321 g/mol. The molecule has 5 fully saturated rings. The van der Waals surface area contributed by atoms with Crippen LogP contribution < -0.4 is 10.2 Å². The number of quaternary nitrogens is 1. The number of amides is 1. The second-order valence-electron chi connectivity index (χ2n) is 9.78. The molecule has 130 valence electrons. The van der Waals surface area contributed by atoms with E-state index in [-0.39, 0.29) is 5.41 Å². The Hall–Kier alpha value is -0.610. The van der Waals surface area contributed by atoms with Gasteiger partial charge in [0.15, 0.2) is 0 Å². The Kier molecular flexibility index (Phi) is 3.77. The molecule has 4 nitrogen and oxygen atoms in total. The van der Waals surface area contributed by atoms with Crippen LogP contribution in [-0.2, 0) is 9.53 Å². The quantitative estimate of drug-likeness (QED) is 0.812. The topological polar surface area (TPSA) is 42.8 Å². The van der Waals surface area contributed by atoms with Crippen LogP contribution in [0.2, 0.25) is 0 Å². The molecule has 5 aliphatic rings. The largest absolute Gasteiger partial charge is 0.370 e. The summed E-state index contributed by atoms with van der Waals surface area (Å²) in [5.74, 6) is 1.16. The molecule has 0 aromatic carbocycles. The van der Waals surface area contributed by atoms with Crippen LogP contribution in [0, 0.1) is 22.2 Å². The van der Waals surface area contributed by atoms with Crippen LogP contribution in [0.15, 0.2) is 0 Å². The van der Waals surface area contributed by atoms with E-state index in [1.54, 1.807) is 4.90 Å². The second-order valence-corrected chi connectivity index (χ2v) is 9.78. The molecular weight excluding hydrogens is 288 g/mol. The van der Waals surface area contributed by atoms with Gasteiger partial charge in [-0.1, -0.05) is 13.8 Å². The smallest absolute Gasteiger partial charge is 0.226 e. The summed E-state index contributed by atoms with van der Waals surface area (Å²) >= 11 is 0. The van der Waals surface area contributed by atoms with E-state index in [0.29, 0.717) is 16.7 Å². The summed E-state index contributed by atoms with van der Waals surface area (Å²) in [4.78, 5) is 14.6. The van der Waals surface area contributed by atoms with Crippen LogP contribution in [0.1, 0.15) is 52.4 Å². The van der Waals surface area contributed by atoms with Crippen molar-refractivity contribution in [3.05, 3.63) is 0 Å². The van der Waals surface area contributed by atoms with Crippen molar-refractivity contribution in [1.29, 1.82) is 0 Å². The predicted octanol–water partition coefficient (Wildman–Crippen LogP) is 1.01. The minimum atomic E-state index is -0.0523. The van der Waals surface area contributed by atoms with E-state index in [9.17, 15) is 4.79 Å². The first-order valence-corrected chi connectivity index (χ1v) is 9.60. The number of morpholine rings is 1. The van der Waals surface area contributed by atoms with Crippen LogP contribution in [0.3, 0.4) is 0 Å². The summed E-state index contributed by atoms with van der Waals surface area (Å²) in [6.07, 6.45) is 7.45. The molecule has 2 N–H and O–H groups in total. The Morgan fingerprint density at radius 2 is 1.74 bits per heavy atom. The number of hydrogen-bond donors (Lipinski definition) is 2. The number of carbonyl (C=O) groups excluding carboxylic acids is 1. The molecule has 4 atom stereocenters. The first-order chi connectivity index (χ1) is 10.9. The predicted molar refractivity (Wildman–Crippen MR) is 89.2 cm³/mol. The Labute approximate surface area is 140 Å². The molecule has 4 bridgehead atoms. The summed E-state index contributed by atoms with van der Waals surface area (Å²) in [6, 6.07) is 0. The van der Waals surface area contributed by atoms with Crippen molar-refractivity contribution >= 4 is 5.91 Å². The van der Waals surface area contributed by atoms with Crippen molar-refractivity contribution in [1.82, 2.24) is 5.32 Å². The fourth-order valence-electron chi connectivity index (χ4n) is 7.15. The summed E-state index contributed by atoms with van der Waals surface area (Å²) in [5.41, 5.74) is 0.783. The maximum Gasteiger partial charge on any atom is 0.226 e. The molecule has 4 heteroatoms. The van der Waals surface area contributed by atoms with E-state index in [1.165, 1.54) is 19.3 Å². The average Bonchev–Trinajstić information content (AvgIpc) is 2.44. The lowest BCUT2D eigenvalue weighted by atomic mass is 9.40. The van der Waals surface area contributed by atoms with Crippen LogP contribution >= 0.6 is 0 Å². The van der Waals surface area contributed by atoms with Crippen LogP contribution in [-0.4, -0.2) is 45.3 Å². The van der Waals surface area contributed by atoms with Gasteiger partial charge in [-0.3, -0.25) is 4.79 Å². The third-order valence-corrected chi connectivity index (χ3v) is 7.07. The highest BCUT2D eigenvalue weighted by Gasteiger charge is 2.62. The van der Waals surface area contributed by atoms with Gasteiger partial charge in [-0.25, -0.2) is 0 Å². The molecule has 2 unspecified atom stereocenters. The average molecular weight is 321 g/mol. The first-order valence-electron chi connectivity index (χ1n) is 9.60. The summed E-state index contributed by atoms with van der Waals surface area (Å²) < 4.78 is 5.41. The minimum Gasteiger partial charge on any atom is -0.370 e. The summed E-state index contributed by atoms with van der Waals surface area (Å²) in [6.45, 7) is 10.7. The fourth-order valence-corrected chi connectivity index (χ4v) is 7.15. The molecule has 1 amide bonds. The zero-order valence-corrected chi connectivity index (χ0v) is 14.9. The highest BCUT2D eigenvalue weighted by molar-refractivity contribution is 5.83. The van der Waals surface area contributed by atoms with Gasteiger partial charge in [0, 0.05) is 0 Å². The van der Waals surface area contributed by atoms with Gasteiger partial charge in [0.05, 0.1) is 31.7 Å². The van der Waals surface area contributed by atoms with Crippen LogP contribution in [0.5, 0.6) is 0 Å². The van der Waals surface area contributed by atoms with E-state index < -0.39 is 0 Å². The van der Waals surface area contributed by atoms with Gasteiger partial charge in [0.1, 0.15) is 13.1 Å². The Balaban J connectivity index is 1.38.